The van der Waals surface area contributed by atoms with E-state index in [0.29, 0.717) is 5.56 Å². The number of carbonyl (C=O) groups is 1. The average molecular weight is 301 g/mol. The van der Waals surface area contributed by atoms with Crippen molar-refractivity contribution >= 4 is 16.9 Å². The molecule has 1 aromatic carbocycles. The van der Waals surface area contributed by atoms with E-state index >= 15 is 0 Å². The van der Waals surface area contributed by atoms with Gasteiger partial charge in [0, 0.05) is 49.3 Å². The molecule has 1 aromatic heterocycles. The first-order valence-corrected chi connectivity index (χ1v) is 7.80. The number of rotatable bonds is 4. The third kappa shape index (κ3) is 3.00. The van der Waals surface area contributed by atoms with Gasteiger partial charge in [-0.1, -0.05) is 6.07 Å². The van der Waals surface area contributed by atoms with Gasteiger partial charge in [0.25, 0.3) is 0 Å². The second-order valence-electron chi connectivity index (χ2n) is 6.21. The van der Waals surface area contributed by atoms with Crippen molar-refractivity contribution in [3.63, 3.8) is 0 Å². The molecule has 0 radical (unpaired) electrons. The predicted molar refractivity (Wildman–Crippen MR) is 87.6 cm³/mol. The zero-order chi connectivity index (χ0) is 15.7. The highest BCUT2D eigenvalue weighted by atomic mass is 16.4. The van der Waals surface area contributed by atoms with Crippen molar-refractivity contribution in [2.24, 2.45) is 0 Å². The second-order valence-corrected chi connectivity index (χ2v) is 6.21. The van der Waals surface area contributed by atoms with Gasteiger partial charge in [0.2, 0.25) is 0 Å². The van der Waals surface area contributed by atoms with Gasteiger partial charge in [-0.15, -0.1) is 0 Å². The molecule has 0 spiro atoms. The van der Waals surface area contributed by atoms with Gasteiger partial charge < -0.3 is 19.9 Å². The quantitative estimate of drug-likeness (QED) is 0.906. The summed E-state index contributed by atoms with van der Waals surface area (Å²) >= 11 is 0. The molecule has 118 valence electrons. The van der Waals surface area contributed by atoms with Gasteiger partial charge in [0.15, 0.2) is 0 Å². The van der Waals surface area contributed by atoms with Crippen LogP contribution in [0, 0.1) is 6.92 Å². The minimum atomic E-state index is -0.861. The third-order valence-corrected chi connectivity index (χ3v) is 4.58. The van der Waals surface area contributed by atoms with E-state index < -0.39 is 5.97 Å². The van der Waals surface area contributed by atoms with Crippen molar-refractivity contribution in [1.82, 2.24) is 14.8 Å². The van der Waals surface area contributed by atoms with Crippen molar-refractivity contribution in [1.29, 1.82) is 0 Å². The summed E-state index contributed by atoms with van der Waals surface area (Å²) in [6, 6.07) is 6.12. The normalized spacial score (nSPS) is 17.2. The predicted octanol–water partition coefficient (Wildman–Crippen LogP) is 1.96. The van der Waals surface area contributed by atoms with E-state index in [1.165, 1.54) is 5.56 Å². The molecule has 5 heteroatoms. The van der Waals surface area contributed by atoms with E-state index in [4.69, 9.17) is 0 Å². The van der Waals surface area contributed by atoms with Gasteiger partial charge in [-0.3, -0.25) is 0 Å². The van der Waals surface area contributed by atoms with E-state index in [-0.39, 0.29) is 0 Å². The molecule has 0 bridgehead atoms. The van der Waals surface area contributed by atoms with E-state index in [2.05, 4.69) is 27.9 Å². The SMILES string of the molecule is Cc1[nH]c2ccc(CCN3CCN(C)CC3)cc2c1C(=O)O. The lowest BCUT2D eigenvalue weighted by molar-refractivity contribution is 0.0698. The Labute approximate surface area is 130 Å². The number of H-pyrrole nitrogens is 1. The number of carboxylic acid groups (broad SMARTS) is 1. The molecule has 1 aliphatic heterocycles. The summed E-state index contributed by atoms with van der Waals surface area (Å²) in [5.74, 6) is -0.861. The number of benzene rings is 1. The van der Waals surface area contributed by atoms with Gasteiger partial charge >= 0.3 is 5.97 Å². The summed E-state index contributed by atoms with van der Waals surface area (Å²) in [7, 11) is 2.16. The summed E-state index contributed by atoms with van der Waals surface area (Å²) < 4.78 is 0. The number of carboxylic acids is 1. The van der Waals surface area contributed by atoms with Crippen LogP contribution in [0.5, 0.6) is 0 Å². The summed E-state index contributed by atoms with van der Waals surface area (Å²) in [6.45, 7) is 7.32. The van der Waals surface area contributed by atoms with Crippen molar-refractivity contribution in [2.45, 2.75) is 13.3 Å². The standard InChI is InChI=1S/C17H23N3O2/c1-12-16(17(21)22)14-11-13(3-4-15(14)18-12)5-6-20-9-7-19(2)8-10-20/h3-4,11,18H,5-10H2,1-2H3,(H,21,22). The highest BCUT2D eigenvalue weighted by molar-refractivity contribution is 6.04. The van der Waals surface area contributed by atoms with Crippen molar-refractivity contribution < 1.29 is 9.90 Å². The third-order valence-electron chi connectivity index (χ3n) is 4.58. The highest BCUT2D eigenvalue weighted by Gasteiger charge is 2.16. The van der Waals surface area contributed by atoms with Gasteiger partial charge in [0.1, 0.15) is 0 Å². The van der Waals surface area contributed by atoms with Crippen molar-refractivity contribution in [2.75, 3.05) is 39.8 Å². The summed E-state index contributed by atoms with van der Waals surface area (Å²) in [4.78, 5) is 19.4. The van der Waals surface area contributed by atoms with Crippen LogP contribution < -0.4 is 0 Å². The number of nitrogens with one attached hydrogen (secondary N) is 1. The number of aromatic nitrogens is 1. The maximum atomic E-state index is 11.4. The Morgan fingerprint density at radius 3 is 2.68 bits per heavy atom. The van der Waals surface area contributed by atoms with Crippen LogP contribution in [0.25, 0.3) is 10.9 Å². The van der Waals surface area contributed by atoms with E-state index in [1.807, 2.05) is 19.1 Å². The monoisotopic (exact) mass is 301 g/mol. The minimum Gasteiger partial charge on any atom is -0.478 e. The van der Waals surface area contributed by atoms with Crippen molar-refractivity contribution in [3.8, 4) is 0 Å². The van der Waals surface area contributed by atoms with E-state index in [1.54, 1.807) is 0 Å². The maximum Gasteiger partial charge on any atom is 0.338 e. The Hall–Kier alpha value is -1.85. The first-order valence-electron chi connectivity index (χ1n) is 7.80. The highest BCUT2D eigenvalue weighted by Crippen LogP contribution is 2.23. The topological polar surface area (TPSA) is 59.6 Å². The number of nitrogens with zero attached hydrogens (tertiary/aromatic N) is 2. The van der Waals surface area contributed by atoms with Crippen LogP contribution in [0.3, 0.4) is 0 Å². The first kappa shape index (κ1) is 15.1. The Bertz CT molecular complexity index is 685. The zero-order valence-corrected chi connectivity index (χ0v) is 13.2. The Morgan fingerprint density at radius 1 is 1.27 bits per heavy atom. The minimum absolute atomic E-state index is 0.399. The lowest BCUT2D eigenvalue weighted by Gasteiger charge is -2.32. The molecule has 22 heavy (non-hydrogen) atoms. The Kier molecular flexibility index (Phi) is 4.18. The largest absolute Gasteiger partial charge is 0.478 e. The van der Waals surface area contributed by atoms with E-state index in [0.717, 1.165) is 55.7 Å². The molecule has 0 unspecified atom stereocenters. The fourth-order valence-corrected chi connectivity index (χ4v) is 3.16. The molecule has 1 aliphatic rings. The second kappa shape index (κ2) is 6.10. The smallest absolute Gasteiger partial charge is 0.338 e. The van der Waals surface area contributed by atoms with Gasteiger partial charge in [0.05, 0.1) is 5.56 Å². The molecule has 2 N–H and O–H groups in total. The summed E-state index contributed by atoms with van der Waals surface area (Å²) in [6.07, 6.45) is 0.961. The van der Waals surface area contributed by atoms with Gasteiger partial charge in [-0.25, -0.2) is 4.79 Å². The molecule has 1 fully saturated rings. The molecule has 2 aromatic rings. The number of aryl methyl sites for hydroxylation is 1. The average Bonchev–Trinajstić information content (AvgIpc) is 2.82. The summed E-state index contributed by atoms with van der Waals surface area (Å²) in [5, 5.41) is 10.2. The van der Waals surface area contributed by atoms with Crippen LogP contribution in [0.2, 0.25) is 0 Å². The molecule has 0 amide bonds. The van der Waals surface area contributed by atoms with Crippen molar-refractivity contribution in [3.05, 3.63) is 35.0 Å². The molecule has 0 aliphatic carbocycles. The van der Waals surface area contributed by atoms with Crippen LogP contribution in [-0.4, -0.2) is 65.6 Å². The van der Waals surface area contributed by atoms with Crippen LogP contribution in [-0.2, 0) is 6.42 Å². The molecule has 5 nitrogen and oxygen atoms in total. The first-order chi connectivity index (χ1) is 10.5. The number of likely N-dealkylation sites (N-methyl/N-ethyl adjacent to an activating group) is 1. The van der Waals surface area contributed by atoms with Crippen LogP contribution in [0.4, 0.5) is 0 Å². The number of hydrogen-bond acceptors (Lipinski definition) is 3. The molecule has 1 saturated heterocycles. The molecule has 0 saturated carbocycles. The Morgan fingerprint density at radius 2 is 2.00 bits per heavy atom. The fraction of sp³-hybridized carbons (Fsp3) is 0.471. The molecular weight excluding hydrogens is 278 g/mol. The number of hydrogen-bond donors (Lipinski definition) is 2. The lowest BCUT2D eigenvalue weighted by Crippen LogP contribution is -2.45. The zero-order valence-electron chi connectivity index (χ0n) is 13.2. The number of piperazine rings is 1. The number of aromatic amines is 1. The maximum absolute atomic E-state index is 11.4. The van der Waals surface area contributed by atoms with Gasteiger partial charge in [-0.2, -0.15) is 0 Å². The molecule has 0 atom stereocenters. The van der Waals surface area contributed by atoms with E-state index in [9.17, 15) is 9.90 Å². The fourth-order valence-electron chi connectivity index (χ4n) is 3.16. The number of fused-ring (bicyclic) bond motifs is 1. The Balaban J connectivity index is 1.74. The molecule has 2 heterocycles. The van der Waals surface area contributed by atoms with Crippen LogP contribution >= 0.6 is 0 Å². The van der Waals surface area contributed by atoms with Gasteiger partial charge in [-0.05, 0) is 38.1 Å². The lowest BCUT2D eigenvalue weighted by atomic mass is 10.1. The van der Waals surface area contributed by atoms with Crippen LogP contribution in [0.15, 0.2) is 18.2 Å². The molecule has 3 rings (SSSR count). The van der Waals surface area contributed by atoms with Crippen LogP contribution in [0.1, 0.15) is 21.6 Å². The number of aromatic carboxylic acids is 1. The molecular formula is C17H23N3O2. The summed E-state index contributed by atoms with van der Waals surface area (Å²) in [5.41, 5.74) is 3.22.